The van der Waals surface area contributed by atoms with Crippen molar-refractivity contribution in [1.82, 2.24) is 5.32 Å². The van der Waals surface area contributed by atoms with Crippen LogP contribution in [0, 0.1) is 0 Å². The molecule has 4 heteroatoms. The average molecular weight is 251 g/mol. The van der Waals surface area contributed by atoms with Crippen molar-refractivity contribution in [3.63, 3.8) is 0 Å². The van der Waals surface area contributed by atoms with E-state index in [0.29, 0.717) is 0 Å². The third-order valence-corrected chi connectivity index (χ3v) is 2.89. The van der Waals surface area contributed by atoms with Crippen LogP contribution in [0.4, 0.5) is 0 Å². The maximum atomic E-state index is 11.2. The Morgan fingerprint density at radius 3 is 2.50 bits per heavy atom. The Labute approximate surface area is 108 Å². The van der Waals surface area contributed by atoms with Gasteiger partial charge in [0.15, 0.2) is 0 Å². The zero-order chi connectivity index (χ0) is 13.5. The number of benzene rings is 1. The van der Waals surface area contributed by atoms with E-state index in [1.165, 1.54) is 12.7 Å². The van der Waals surface area contributed by atoms with Gasteiger partial charge in [0.2, 0.25) is 0 Å². The molecule has 0 bridgehead atoms. The molecule has 0 aromatic heterocycles. The Morgan fingerprint density at radius 1 is 1.33 bits per heavy atom. The summed E-state index contributed by atoms with van der Waals surface area (Å²) >= 11 is 0. The number of phenolic OH excluding ortho intramolecular Hbond substituents is 1. The summed E-state index contributed by atoms with van der Waals surface area (Å²) in [5, 5.41) is 12.4. The number of carbonyl (C=O) groups is 1. The van der Waals surface area contributed by atoms with Crippen LogP contribution in [-0.4, -0.2) is 30.3 Å². The molecule has 0 radical (unpaired) electrons. The van der Waals surface area contributed by atoms with Crippen molar-refractivity contribution in [2.24, 2.45) is 0 Å². The first-order chi connectivity index (χ1) is 8.52. The van der Waals surface area contributed by atoms with Gasteiger partial charge in [0.05, 0.1) is 7.11 Å². The highest BCUT2D eigenvalue weighted by atomic mass is 16.5. The average Bonchev–Trinajstić information content (AvgIpc) is 2.37. The van der Waals surface area contributed by atoms with Crippen molar-refractivity contribution in [2.45, 2.75) is 38.8 Å². The normalized spacial score (nSPS) is 13.9. The van der Waals surface area contributed by atoms with Gasteiger partial charge in [-0.1, -0.05) is 12.1 Å². The Bertz CT molecular complexity index is 375. The molecule has 0 fully saturated rings. The summed E-state index contributed by atoms with van der Waals surface area (Å²) in [6.45, 7) is 3.84. The minimum atomic E-state index is -0.287. The summed E-state index contributed by atoms with van der Waals surface area (Å²) in [6, 6.07) is 7.13. The molecule has 0 saturated carbocycles. The molecule has 1 unspecified atom stereocenters. The lowest BCUT2D eigenvalue weighted by Crippen LogP contribution is -2.40. The van der Waals surface area contributed by atoms with Crippen molar-refractivity contribution >= 4 is 5.97 Å². The van der Waals surface area contributed by atoms with Gasteiger partial charge >= 0.3 is 5.97 Å². The molecule has 0 aliphatic rings. The van der Waals surface area contributed by atoms with Crippen LogP contribution in [0.25, 0.3) is 0 Å². The lowest BCUT2D eigenvalue weighted by molar-refractivity contribution is -0.142. The van der Waals surface area contributed by atoms with Gasteiger partial charge in [-0.25, -0.2) is 0 Å². The Balaban J connectivity index is 2.34. The van der Waals surface area contributed by atoms with Crippen LogP contribution in [0.2, 0.25) is 0 Å². The number of ether oxygens (including phenoxy) is 1. The van der Waals surface area contributed by atoms with Gasteiger partial charge in [0, 0.05) is 6.04 Å². The first kappa shape index (κ1) is 14.5. The highest BCUT2D eigenvalue weighted by Gasteiger charge is 2.15. The molecule has 1 aromatic carbocycles. The number of aryl methyl sites for hydroxylation is 1. The van der Waals surface area contributed by atoms with E-state index in [1.807, 2.05) is 19.1 Å². The van der Waals surface area contributed by atoms with Gasteiger partial charge in [-0.15, -0.1) is 0 Å². The lowest BCUT2D eigenvalue weighted by atomic mass is 10.1. The predicted molar refractivity (Wildman–Crippen MR) is 70.5 cm³/mol. The van der Waals surface area contributed by atoms with Crippen molar-refractivity contribution < 1.29 is 14.6 Å². The second-order valence-electron chi connectivity index (χ2n) is 4.52. The summed E-state index contributed by atoms with van der Waals surface area (Å²) in [4.78, 5) is 11.2. The Morgan fingerprint density at radius 2 is 1.94 bits per heavy atom. The van der Waals surface area contributed by atoms with Crippen molar-refractivity contribution in [2.75, 3.05) is 7.11 Å². The maximum absolute atomic E-state index is 11.2. The van der Waals surface area contributed by atoms with Crippen LogP contribution in [0.1, 0.15) is 25.8 Å². The number of hydrogen-bond donors (Lipinski definition) is 2. The Kier molecular flexibility index (Phi) is 5.65. The fourth-order valence-electron chi connectivity index (χ4n) is 1.80. The number of esters is 1. The molecule has 18 heavy (non-hydrogen) atoms. The van der Waals surface area contributed by atoms with Crippen molar-refractivity contribution in [1.29, 1.82) is 0 Å². The molecule has 0 heterocycles. The van der Waals surface area contributed by atoms with Gasteiger partial charge in [0.25, 0.3) is 0 Å². The highest BCUT2D eigenvalue weighted by molar-refractivity contribution is 5.75. The van der Waals surface area contributed by atoms with Gasteiger partial charge in [-0.3, -0.25) is 4.79 Å². The van der Waals surface area contributed by atoms with E-state index in [0.717, 1.165) is 12.8 Å². The van der Waals surface area contributed by atoms with Gasteiger partial charge in [-0.2, -0.15) is 0 Å². The molecule has 1 aromatic rings. The molecule has 100 valence electrons. The van der Waals surface area contributed by atoms with E-state index in [-0.39, 0.29) is 23.8 Å². The topological polar surface area (TPSA) is 58.6 Å². The number of rotatable bonds is 6. The summed E-state index contributed by atoms with van der Waals surface area (Å²) in [7, 11) is 1.39. The van der Waals surface area contributed by atoms with Crippen LogP contribution in [0.5, 0.6) is 5.75 Å². The number of methoxy groups -OCH3 is 1. The van der Waals surface area contributed by atoms with Crippen LogP contribution in [0.3, 0.4) is 0 Å². The molecule has 0 aliphatic heterocycles. The molecule has 0 amide bonds. The standard InChI is InChI=1S/C14H21NO3/c1-10(15-11(2)14(17)18-3)4-5-12-6-8-13(16)9-7-12/h6-11,15-16H,4-5H2,1-3H3/t10?,11-/m0/s1. The lowest BCUT2D eigenvalue weighted by Gasteiger charge is -2.18. The molecule has 2 atom stereocenters. The molecule has 4 nitrogen and oxygen atoms in total. The third kappa shape index (κ3) is 4.75. The zero-order valence-corrected chi connectivity index (χ0v) is 11.1. The van der Waals surface area contributed by atoms with Gasteiger partial charge < -0.3 is 15.2 Å². The largest absolute Gasteiger partial charge is 0.508 e. The van der Waals surface area contributed by atoms with E-state index in [1.54, 1.807) is 19.1 Å². The highest BCUT2D eigenvalue weighted by Crippen LogP contribution is 2.12. The van der Waals surface area contributed by atoms with E-state index in [4.69, 9.17) is 0 Å². The number of phenols is 1. The summed E-state index contributed by atoms with van der Waals surface area (Å²) in [6.07, 6.45) is 1.83. The molecule has 1 rings (SSSR count). The van der Waals surface area contributed by atoms with Crippen LogP contribution >= 0.6 is 0 Å². The van der Waals surface area contributed by atoms with E-state index in [2.05, 4.69) is 10.1 Å². The smallest absolute Gasteiger partial charge is 0.322 e. The molecular weight excluding hydrogens is 230 g/mol. The van der Waals surface area contributed by atoms with Crippen molar-refractivity contribution in [3.8, 4) is 5.75 Å². The van der Waals surface area contributed by atoms with Crippen molar-refractivity contribution in [3.05, 3.63) is 29.8 Å². The van der Waals surface area contributed by atoms with Crippen LogP contribution < -0.4 is 5.32 Å². The van der Waals surface area contributed by atoms with E-state index in [9.17, 15) is 9.90 Å². The van der Waals surface area contributed by atoms with Gasteiger partial charge in [-0.05, 0) is 44.4 Å². The molecule has 0 aliphatic carbocycles. The monoisotopic (exact) mass is 251 g/mol. The quantitative estimate of drug-likeness (QED) is 0.758. The fourth-order valence-corrected chi connectivity index (χ4v) is 1.80. The summed E-state index contributed by atoms with van der Waals surface area (Å²) < 4.78 is 4.66. The zero-order valence-electron chi connectivity index (χ0n) is 11.1. The molecular formula is C14H21NO3. The minimum Gasteiger partial charge on any atom is -0.508 e. The number of carbonyl (C=O) groups excluding carboxylic acids is 1. The molecule has 0 saturated heterocycles. The maximum Gasteiger partial charge on any atom is 0.322 e. The minimum absolute atomic E-state index is 0.230. The molecule has 0 spiro atoms. The summed E-state index contributed by atoms with van der Waals surface area (Å²) in [5.74, 6) is 0.0377. The number of hydrogen-bond acceptors (Lipinski definition) is 4. The van der Waals surface area contributed by atoms with E-state index < -0.39 is 0 Å². The van der Waals surface area contributed by atoms with Crippen LogP contribution in [-0.2, 0) is 16.0 Å². The number of aromatic hydroxyl groups is 1. The van der Waals surface area contributed by atoms with E-state index >= 15 is 0 Å². The first-order valence-corrected chi connectivity index (χ1v) is 6.14. The molecule has 2 N–H and O–H groups in total. The third-order valence-electron chi connectivity index (χ3n) is 2.89. The summed E-state index contributed by atoms with van der Waals surface area (Å²) in [5.41, 5.74) is 1.17. The SMILES string of the molecule is COC(=O)[C@H](C)NC(C)CCc1ccc(O)cc1. The predicted octanol–water partition coefficient (Wildman–Crippen LogP) is 1.86. The first-order valence-electron chi connectivity index (χ1n) is 6.14. The number of nitrogens with one attached hydrogen (secondary N) is 1. The second-order valence-corrected chi connectivity index (χ2v) is 4.52. The van der Waals surface area contributed by atoms with Crippen LogP contribution in [0.15, 0.2) is 24.3 Å². The fraction of sp³-hybridized carbons (Fsp3) is 0.500. The van der Waals surface area contributed by atoms with Gasteiger partial charge in [0.1, 0.15) is 11.8 Å². The second kappa shape index (κ2) is 7.01. The Hall–Kier alpha value is -1.55.